The second kappa shape index (κ2) is 8.00. The number of amides is 2. The van der Waals surface area contributed by atoms with Gasteiger partial charge in [-0.05, 0) is 67.6 Å². The molecule has 1 saturated carbocycles. The molecule has 6 heteroatoms. The second-order valence-electron chi connectivity index (χ2n) is 7.35. The van der Waals surface area contributed by atoms with Gasteiger partial charge in [-0.2, -0.15) is 5.32 Å². The summed E-state index contributed by atoms with van der Waals surface area (Å²) in [5.41, 5.74) is 1.61. The number of nitrogens with one attached hydrogen (secondary N) is 2. The number of carbonyl (C=O) groups excluding carboxylic acids is 1. The van der Waals surface area contributed by atoms with Crippen LogP contribution < -0.4 is 19.9 Å². The summed E-state index contributed by atoms with van der Waals surface area (Å²) in [7, 11) is 1.61. The van der Waals surface area contributed by atoms with Crippen LogP contribution in [-0.4, -0.2) is 25.0 Å². The first-order valence-corrected chi connectivity index (χ1v) is 9.79. The number of halogens is 1. The predicted octanol–water partition coefficient (Wildman–Crippen LogP) is 2.92. The number of carbonyl (C=O) groups is 1. The highest BCUT2D eigenvalue weighted by Crippen LogP contribution is 2.32. The summed E-state index contributed by atoms with van der Waals surface area (Å²) in [6.07, 6.45) is 5.85. The van der Waals surface area contributed by atoms with Gasteiger partial charge in [-0.3, -0.25) is 9.89 Å². The van der Waals surface area contributed by atoms with Gasteiger partial charge in [0.25, 0.3) is 5.84 Å². The molecule has 1 aliphatic carbocycles. The molecule has 2 fully saturated rings. The van der Waals surface area contributed by atoms with Crippen LogP contribution in [0.15, 0.2) is 48.5 Å². The Balaban J connectivity index is 1.73. The first-order valence-electron chi connectivity index (χ1n) is 9.79. The summed E-state index contributed by atoms with van der Waals surface area (Å²) in [6, 6.07) is 13.5. The van der Waals surface area contributed by atoms with Gasteiger partial charge in [0, 0.05) is 5.69 Å². The van der Waals surface area contributed by atoms with Crippen molar-refractivity contribution in [2.24, 2.45) is 0 Å². The number of urea groups is 1. The lowest BCUT2D eigenvalue weighted by molar-refractivity contribution is -0.510. The number of nitrogens with zero attached hydrogens (tertiary/aromatic N) is 1. The van der Waals surface area contributed by atoms with Crippen molar-refractivity contribution in [1.82, 2.24) is 5.32 Å². The quantitative estimate of drug-likeness (QED) is 0.854. The van der Waals surface area contributed by atoms with E-state index in [1.165, 1.54) is 31.4 Å². The van der Waals surface area contributed by atoms with Crippen LogP contribution in [0.2, 0.25) is 0 Å². The lowest BCUT2D eigenvalue weighted by Crippen LogP contribution is -2.82. The summed E-state index contributed by atoms with van der Waals surface area (Å²) in [6.45, 7) is 0. The molecule has 2 amide bonds. The van der Waals surface area contributed by atoms with Crippen molar-refractivity contribution in [3.63, 3.8) is 0 Å². The SMILES string of the molecule is COc1ccc(N2C(=O)NC(=[NH+]C3CCCCC3)[C@@H]2c2ccc(F)cc2)cc1. The Morgan fingerprint density at radius 1 is 1.04 bits per heavy atom. The van der Waals surface area contributed by atoms with Gasteiger partial charge in [-0.25, -0.2) is 9.18 Å². The first kappa shape index (κ1) is 18.5. The number of methoxy groups -OCH3 is 1. The van der Waals surface area contributed by atoms with Crippen LogP contribution in [0.1, 0.15) is 43.7 Å². The van der Waals surface area contributed by atoms with Crippen molar-refractivity contribution in [2.75, 3.05) is 12.0 Å². The molecule has 1 saturated heterocycles. The maximum Gasteiger partial charge on any atom is 0.414 e. The Labute approximate surface area is 164 Å². The van der Waals surface area contributed by atoms with E-state index < -0.39 is 0 Å². The van der Waals surface area contributed by atoms with Crippen LogP contribution in [0.4, 0.5) is 14.9 Å². The summed E-state index contributed by atoms with van der Waals surface area (Å²) < 4.78 is 18.7. The van der Waals surface area contributed by atoms with Crippen LogP contribution in [0, 0.1) is 5.82 Å². The highest BCUT2D eigenvalue weighted by molar-refractivity contribution is 6.14. The van der Waals surface area contributed by atoms with Gasteiger partial charge in [-0.1, -0.05) is 18.6 Å². The molecule has 5 nitrogen and oxygen atoms in total. The first-order chi connectivity index (χ1) is 13.7. The standard InChI is InChI=1S/C22H24FN3O2/c1-28-19-13-11-18(12-14-19)26-20(15-7-9-16(23)10-8-15)21(25-22(26)27)24-17-5-3-2-4-6-17/h7-14,17,20H,2-6H2,1H3,(H,24,25,27)/p+1/t20-/m0/s1. The molecule has 2 N–H and O–H groups in total. The van der Waals surface area contributed by atoms with E-state index in [1.54, 1.807) is 24.1 Å². The third kappa shape index (κ3) is 3.72. The third-order valence-electron chi connectivity index (χ3n) is 5.49. The minimum atomic E-state index is -0.344. The number of rotatable bonds is 4. The monoisotopic (exact) mass is 382 g/mol. The molecule has 1 heterocycles. The van der Waals surface area contributed by atoms with Crippen molar-refractivity contribution in [3.8, 4) is 5.75 Å². The molecule has 0 bridgehead atoms. The fourth-order valence-corrected chi connectivity index (χ4v) is 4.04. The van der Waals surface area contributed by atoms with Crippen molar-refractivity contribution in [1.29, 1.82) is 0 Å². The zero-order valence-corrected chi connectivity index (χ0v) is 16.0. The van der Waals surface area contributed by atoms with Crippen molar-refractivity contribution in [2.45, 2.75) is 44.2 Å². The van der Waals surface area contributed by atoms with Crippen LogP contribution in [-0.2, 0) is 0 Å². The number of benzene rings is 2. The Bertz CT molecular complexity index is 858. The van der Waals surface area contributed by atoms with E-state index in [1.807, 2.05) is 24.3 Å². The molecular formula is C22H25FN3O2+. The average Bonchev–Trinajstić information content (AvgIpc) is 3.05. The maximum absolute atomic E-state index is 13.5. The molecule has 28 heavy (non-hydrogen) atoms. The van der Waals surface area contributed by atoms with E-state index in [2.05, 4.69) is 10.3 Å². The van der Waals surface area contributed by atoms with Gasteiger partial charge in [0.1, 0.15) is 11.6 Å². The molecule has 2 aromatic carbocycles. The molecule has 1 atom stereocenters. The maximum atomic E-state index is 13.5. The van der Waals surface area contributed by atoms with Crippen molar-refractivity contribution < 1.29 is 18.9 Å². The molecular weight excluding hydrogens is 357 g/mol. The topological polar surface area (TPSA) is 55.5 Å². The summed E-state index contributed by atoms with van der Waals surface area (Å²) in [4.78, 5) is 18.1. The minimum Gasteiger partial charge on any atom is -0.497 e. The van der Waals surface area contributed by atoms with Crippen LogP contribution in [0.5, 0.6) is 5.75 Å². The fraction of sp³-hybridized carbons (Fsp3) is 0.364. The van der Waals surface area contributed by atoms with Crippen LogP contribution >= 0.6 is 0 Å². The lowest BCUT2D eigenvalue weighted by Gasteiger charge is -2.22. The highest BCUT2D eigenvalue weighted by Gasteiger charge is 2.45. The molecule has 0 aromatic heterocycles. The van der Waals surface area contributed by atoms with E-state index >= 15 is 0 Å². The largest absolute Gasteiger partial charge is 0.497 e. The van der Waals surface area contributed by atoms with E-state index in [0.29, 0.717) is 6.04 Å². The lowest BCUT2D eigenvalue weighted by atomic mass is 9.95. The number of amidine groups is 1. The average molecular weight is 382 g/mol. The van der Waals surface area contributed by atoms with E-state index in [-0.39, 0.29) is 17.9 Å². The summed E-state index contributed by atoms with van der Waals surface area (Å²) in [5, 5.41) is 3.01. The highest BCUT2D eigenvalue weighted by atomic mass is 19.1. The Morgan fingerprint density at radius 3 is 2.36 bits per heavy atom. The molecule has 1 aliphatic heterocycles. The van der Waals surface area contributed by atoms with Gasteiger partial charge in [0.15, 0.2) is 6.04 Å². The molecule has 146 valence electrons. The van der Waals surface area contributed by atoms with Crippen LogP contribution in [0.25, 0.3) is 0 Å². The van der Waals surface area contributed by atoms with Gasteiger partial charge >= 0.3 is 6.03 Å². The molecule has 0 unspecified atom stereocenters. The predicted molar refractivity (Wildman–Crippen MR) is 106 cm³/mol. The molecule has 2 aliphatic rings. The fourth-order valence-electron chi connectivity index (χ4n) is 4.04. The Hall–Kier alpha value is -2.89. The van der Waals surface area contributed by atoms with Gasteiger partial charge in [0.05, 0.1) is 13.2 Å². The number of ether oxygens (including phenoxy) is 1. The smallest absolute Gasteiger partial charge is 0.414 e. The van der Waals surface area contributed by atoms with Crippen molar-refractivity contribution >= 4 is 17.6 Å². The number of anilines is 1. The molecule has 0 radical (unpaired) electrons. The molecule has 2 aromatic rings. The van der Waals surface area contributed by atoms with Crippen molar-refractivity contribution in [3.05, 3.63) is 59.9 Å². The molecule has 0 spiro atoms. The van der Waals surface area contributed by atoms with Gasteiger partial charge in [0.2, 0.25) is 0 Å². The van der Waals surface area contributed by atoms with Gasteiger partial charge < -0.3 is 4.74 Å². The second-order valence-corrected chi connectivity index (χ2v) is 7.35. The molecule has 4 rings (SSSR count). The Kier molecular flexibility index (Phi) is 5.28. The summed E-state index contributed by atoms with van der Waals surface area (Å²) in [5.74, 6) is 1.20. The normalized spacial score (nSPS) is 21.8. The van der Waals surface area contributed by atoms with E-state index in [4.69, 9.17) is 4.74 Å². The third-order valence-corrected chi connectivity index (χ3v) is 5.49. The Morgan fingerprint density at radius 2 is 1.71 bits per heavy atom. The van der Waals surface area contributed by atoms with Crippen LogP contribution in [0.3, 0.4) is 0 Å². The zero-order chi connectivity index (χ0) is 19.5. The number of hydrogen-bond donors (Lipinski definition) is 2. The van der Waals surface area contributed by atoms with E-state index in [0.717, 1.165) is 35.7 Å². The van der Waals surface area contributed by atoms with E-state index in [9.17, 15) is 9.18 Å². The summed E-state index contributed by atoms with van der Waals surface area (Å²) >= 11 is 0. The minimum absolute atomic E-state index is 0.196. The zero-order valence-electron chi connectivity index (χ0n) is 16.0. The van der Waals surface area contributed by atoms with Gasteiger partial charge in [-0.15, -0.1) is 0 Å². The number of hydrogen-bond acceptors (Lipinski definition) is 2.